The summed E-state index contributed by atoms with van der Waals surface area (Å²) in [6.07, 6.45) is 5.53. The lowest BCUT2D eigenvalue weighted by Crippen LogP contribution is -2.25. The molecule has 0 aromatic carbocycles. The first-order chi connectivity index (χ1) is 5.36. The van der Waals surface area contributed by atoms with E-state index in [0.717, 1.165) is 6.42 Å². The summed E-state index contributed by atoms with van der Waals surface area (Å²) in [6.45, 7) is 0.466. The van der Waals surface area contributed by atoms with Crippen LogP contribution >= 0.6 is 0 Å². The predicted octanol–water partition coefficient (Wildman–Crippen LogP) is 0.409. The van der Waals surface area contributed by atoms with Crippen molar-refractivity contribution in [3.05, 3.63) is 12.2 Å². The van der Waals surface area contributed by atoms with Crippen molar-refractivity contribution in [1.82, 2.24) is 0 Å². The van der Waals surface area contributed by atoms with Gasteiger partial charge in [-0.15, -0.1) is 0 Å². The van der Waals surface area contributed by atoms with E-state index in [2.05, 4.69) is 12.2 Å². The fourth-order valence-corrected chi connectivity index (χ4v) is 2.57. The predicted molar refractivity (Wildman–Crippen MR) is 41.9 cm³/mol. The molecule has 2 heteroatoms. The lowest BCUT2D eigenvalue weighted by Gasteiger charge is -2.23. The molecule has 2 nitrogen and oxygen atoms in total. The minimum atomic E-state index is 0.233. The quantitative estimate of drug-likeness (QED) is 0.565. The van der Waals surface area contributed by atoms with Crippen LogP contribution in [0, 0.1) is 23.7 Å². The van der Waals surface area contributed by atoms with Gasteiger partial charge in [0.1, 0.15) is 0 Å². The summed E-state index contributed by atoms with van der Waals surface area (Å²) in [5.41, 5.74) is 0. The standard InChI is InChI=1S/C9H14O2/c10-4-8-6-1-2-7(3-6)9(8)5-11/h1-2,6-11H,3-5H2/t6-,7?,8+,9-/m1/s1. The van der Waals surface area contributed by atoms with Crippen molar-refractivity contribution in [2.45, 2.75) is 6.42 Å². The molecule has 62 valence electrons. The van der Waals surface area contributed by atoms with Crippen LogP contribution in [0.4, 0.5) is 0 Å². The van der Waals surface area contributed by atoms with Crippen LogP contribution in [0.25, 0.3) is 0 Å². The summed E-state index contributed by atoms with van der Waals surface area (Å²) < 4.78 is 0. The van der Waals surface area contributed by atoms with Gasteiger partial charge in [0.15, 0.2) is 0 Å². The van der Waals surface area contributed by atoms with E-state index < -0.39 is 0 Å². The molecule has 1 unspecified atom stereocenters. The molecule has 0 heterocycles. The first-order valence-electron chi connectivity index (χ1n) is 4.27. The van der Waals surface area contributed by atoms with Gasteiger partial charge in [-0.2, -0.15) is 0 Å². The van der Waals surface area contributed by atoms with Crippen molar-refractivity contribution < 1.29 is 10.2 Å². The van der Waals surface area contributed by atoms with Gasteiger partial charge in [0.05, 0.1) is 0 Å². The Morgan fingerprint density at radius 1 is 1.00 bits per heavy atom. The Morgan fingerprint density at radius 3 is 1.82 bits per heavy atom. The van der Waals surface area contributed by atoms with Gasteiger partial charge in [-0.05, 0) is 30.1 Å². The molecule has 1 saturated carbocycles. The van der Waals surface area contributed by atoms with E-state index in [0.29, 0.717) is 23.7 Å². The molecular formula is C9H14O2. The molecule has 0 aliphatic heterocycles. The second-order valence-corrected chi connectivity index (χ2v) is 3.64. The number of aliphatic hydroxyl groups is 2. The van der Waals surface area contributed by atoms with Gasteiger partial charge in [-0.3, -0.25) is 0 Å². The van der Waals surface area contributed by atoms with E-state index in [4.69, 9.17) is 10.2 Å². The molecule has 0 aromatic rings. The average molecular weight is 154 g/mol. The van der Waals surface area contributed by atoms with Crippen LogP contribution in [-0.2, 0) is 0 Å². The molecule has 11 heavy (non-hydrogen) atoms. The third-order valence-corrected chi connectivity index (χ3v) is 3.22. The molecule has 2 bridgehead atoms. The molecule has 2 rings (SSSR count). The average Bonchev–Trinajstić information content (AvgIpc) is 2.60. The topological polar surface area (TPSA) is 40.5 Å². The Balaban J connectivity index is 2.15. The lowest BCUT2D eigenvalue weighted by atomic mass is 9.84. The maximum absolute atomic E-state index is 9.04. The molecular weight excluding hydrogens is 140 g/mol. The first kappa shape index (κ1) is 7.32. The molecule has 0 aromatic heterocycles. The number of rotatable bonds is 2. The van der Waals surface area contributed by atoms with Crippen LogP contribution in [0.1, 0.15) is 6.42 Å². The largest absolute Gasteiger partial charge is 0.396 e. The number of allylic oxidation sites excluding steroid dienone is 2. The van der Waals surface area contributed by atoms with E-state index in [1.165, 1.54) is 0 Å². The lowest BCUT2D eigenvalue weighted by molar-refractivity contribution is 0.112. The number of hydrogen-bond acceptors (Lipinski definition) is 2. The van der Waals surface area contributed by atoms with Crippen molar-refractivity contribution in [3.8, 4) is 0 Å². The SMILES string of the molecule is OC[C@H]1[C@@H]2C=CC(C2)[C@H]1CO. The number of fused-ring (bicyclic) bond motifs is 2. The number of aliphatic hydroxyl groups excluding tert-OH is 2. The van der Waals surface area contributed by atoms with E-state index in [1.807, 2.05) is 0 Å². The zero-order valence-electron chi connectivity index (χ0n) is 6.48. The molecule has 0 radical (unpaired) electrons. The zero-order chi connectivity index (χ0) is 7.84. The third kappa shape index (κ3) is 0.932. The second kappa shape index (κ2) is 2.61. The van der Waals surface area contributed by atoms with Crippen molar-refractivity contribution in [3.63, 3.8) is 0 Å². The van der Waals surface area contributed by atoms with Gasteiger partial charge in [-0.25, -0.2) is 0 Å². The Labute approximate surface area is 66.5 Å². The molecule has 2 aliphatic carbocycles. The van der Waals surface area contributed by atoms with Crippen LogP contribution in [0.15, 0.2) is 12.2 Å². The maximum Gasteiger partial charge on any atom is 0.0468 e. The van der Waals surface area contributed by atoms with E-state index >= 15 is 0 Å². The van der Waals surface area contributed by atoms with Gasteiger partial charge >= 0.3 is 0 Å². The smallest absolute Gasteiger partial charge is 0.0468 e. The monoisotopic (exact) mass is 154 g/mol. The summed E-state index contributed by atoms with van der Waals surface area (Å²) in [5.74, 6) is 1.74. The summed E-state index contributed by atoms with van der Waals surface area (Å²) in [4.78, 5) is 0. The molecule has 0 spiro atoms. The number of hydrogen-bond donors (Lipinski definition) is 2. The minimum absolute atomic E-state index is 0.233. The highest BCUT2D eigenvalue weighted by molar-refractivity contribution is 5.13. The summed E-state index contributed by atoms with van der Waals surface area (Å²) in [7, 11) is 0. The Morgan fingerprint density at radius 2 is 1.45 bits per heavy atom. The zero-order valence-corrected chi connectivity index (χ0v) is 6.48. The van der Waals surface area contributed by atoms with Crippen LogP contribution in [0.3, 0.4) is 0 Å². The highest BCUT2D eigenvalue weighted by atomic mass is 16.3. The van der Waals surface area contributed by atoms with Gasteiger partial charge < -0.3 is 10.2 Å². The van der Waals surface area contributed by atoms with Crippen molar-refractivity contribution in [2.75, 3.05) is 13.2 Å². The molecule has 4 atom stereocenters. The normalized spacial score (nSPS) is 47.1. The maximum atomic E-state index is 9.04. The van der Waals surface area contributed by atoms with Gasteiger partial charge in [-0.1, -0.05) is 12.2 Å². The molecule has 0 saturated heterocycles. The molecule has 1 fully saturated rings. The van der Waals surface area contributed by atoms with E-state index in [-0.39, 0.29) is 13.2 Å². The van der Waals surface area contributed by atoms with E-state index in [1.54, 1.807) is 0 Å². The van der Waals surface area contributed by atoms with Crippen LogP contribution in [0.2, 0.25) is 0 Å². The van der Waals surface area contributed by atoms with E-state index in [9.17, 15) is 0 Å². The van der Waals surface area contributed by atoms with Crippen LogP contribution < -0.4 is 0 Å². The van der Waals surface area contributed by atoms with Gasteiger partial charge in [0, 0.05) is 13.2 Å². The van der Waals surface area contributed by atoms with Crippen molar-refractivity contribution in [1.29, 1.82) is 0 Å². The van der Waals surface area contributed by atoms with Crippen LogP contribution in [0.5, 0.6) is 0 Å². The fourth-order valence-electron chi connectivity index (χ4n) is 2.57. The highest BCUT2D eigenvalue weighted by Gasteiger charge is 2.43. The second-order valence-electron chi connectivity index (χ2n) is 3.64. The first-order valence-corrected chi connectivity index (χ1v) is 4.27. The van der Waals surface area contributed by atoms with Crippen LogP contribution in [-0.4, -0.2) is 23.4 Å². The minimum Gasteiger partial charge on any atom is -0.396 e. The summed E-state index contributed by atoms with van der Waals surface area (Å²) in [6, 6.07) is 0. The summed E-state index contributed by atoms with van der Waals surface area (Å²) in [5, 5.41) is 18.1. The van der Waals surface area contributed by atoms with Crippen molar-refractivity contribution >= 4 is 0 Å². The fraction of sp³-hybridized carbons (Fsp3) is 0.778. The Bertz CT molecular complexity index is 158. The highest BCUT2D eigenvalue weighted by Crippen LogP contribution is 2.47. The molecule has 0 amide bonds. The Hall–Kier alpha value is -0.340. The molecule has 2 N–H and O–H groups in total. The van der Waals surface area contributed by atoms with Gasteiger partial charge in [0.2, 0.25) is 0 Å². The van der Waals surface area contributed by atoms with Crippen molar-refractivity contribution in [2.24, 2.45) is 23.7 Å². The Kier molecular flexibility index (Phi) is 1.74. The third-order valence-electron chi connectivity index (χ3n) is 3.22. The van der Waals surface area contributed by atoms with Gasteiger partial charge in [0.25, 0.3) is 0 Å². The molecule has 2 aliphatic rings. The summed E-state index contributed by atoms with van der Waals surface area (Å²) >= 11 is 0.